The van der Waals surface area contributed by atoms with Gasteiger partial charge in [0.15, 0.2) is 0 Å². The fourth-order valence-electron chi connectivity index (χ4n) is 2.60. The quantitative estimate of drug-likeness (QED) is 0.517. The number of fused-ring (bicyclic) bond motifs is 1. The van der Waals surface area contributed by atoms with Crippen LogP contribution >= 0.6 is 27.5 Å². The minimum atomic E-state index is -0.882. The number of halogens is 2. The van der Waals surface area contributed by atoms with Crippen LogP contribution in [-0.2, 0) is 9.59 Å². The van der Waals surface area contributed by atoms with Crippen molar-refractivity contribution in [3.8, 4) is 0 Å². The molecule has 0 aliphatic rings. The SMILES string of the molecule is CCNC(=O)C(=O)Nn1c(C(=O)Nc2ccc(Br)cc2)cc2cc(Cl)ccc21. The number of carbonyl (C=O) groups is 3. The number of hydrogen-bond donors (Lipinski definition) is 3. The summed E-state index contributed by atoms with van der Waals surface area (Å²) in [6.45, 7) is 2.01. The van der Waals surface area contributed by atoms with Crippen molar-refractivity contribution in [3.05, 3.63) is 63.7 Å². The predicted molar refractivity (Wildman–Crippen MR) is 112 cm³/mol. The molecule has 0 spiro atoms. The van der Waals surface area contributed by atoms with Crippen LogP contribution in [0.2, 0.25) is 5.02 Å². The number of benzene rings is 2. The maximum absolute atomic E-state index is 12.8. The molecule has 0 aliphatic heterocycles. The normalized spacial score (nSPS) is 10.5. The Labute approximate surface area is 174 Å². The van der Waals surface area contributed by atoms with Gasteiger partial charge in [-0.25, -0.2) is 4.68 Å². The molecule has 1 aromatic heterocycles. The fourth-order valence-corrected chi connectivity index (χ4v) is 3.04. The van der Waals surface area contributed by atoms with Crippen molar-refractivity contribution in [3.63, 3.8) is 0 Å². The molecule has 0 saturated heterocycles. The highest BCUT2D eigenvalue weighted by atomic mass is 79.9. The molecule has 0 unspecified atom stereocenters. The van der Waals surface area contributed by atoms with Gasteiger partial charge in [0.05, 0.1) is 5.52 Å². The van der Waals surface area contributed by atoms with E-state index in [1.165, 1.54) is 4.68 Å². The molecule has 0 saturated carbocycles. The van der Waals surface area contributed by atoms with Crippen LogP contribution in [-0.4, -0.2) is 28.9 Å². The number of carbonyl (C=O) groups excluding carboxylic acids is 3. The smallest absolute Gasteiger partial charge is 0.328 e. The summed E-state index contributed by atoms with van der Waals surface area (Å²) < 4.78 is 2.15. The number of aromatic nitrogens is 1. The summed E-state index contributed by atoms with van der Waals surface area (Å²) in [6.07, 6.45) is 0. The third-order valence-electron chi connectivity index (χ3n) is 3.86. The molecule has 3 amide bonds. The molecule has 3 aromatic rings. The van der Waals surface area contributed by atoms with E-state index in [1.54, 1.807) is 55.5 Å². The van der Waals surface area contributed by atoms with Gasteiger partial charge in [0.2, 0.25) is 0 Å². The first-order valence-electron chi connectivity index (χ1n) is 8.36. The second kappa shape index (κ2) is 8.45. The third-order valence-corrected chi connectivity index (χ3v) is 4.62. The first-order chi connectivity index (χ1) is 13.4. The van der Waals surface area contributed by atoms with E-state index < -0.39 is 17.7 Å². The second-order valence-corrected chi connectivity index (χ2v) is 7.18. The molecule has 0 atom stereocenters. The van der Waals surface area contributed by atoms with Gasteiger partial charge < -0.3 is 10.6 Å². The molecule has 3 rings (SSSR count). The Bertz CT molecular complexity index is 1060. The molecule has 7 nitrogen and oxygen atoms in total. The summed E-state index contributed by atoms with van der Waals surface area (Å²) in [4.78, 5) is 36.8. The largest absolute Gasteiger partial charge is 0.348 e. The zero-order valence-corrected chi connectivity index (χ0v) is 17.1. The predicted octanol–water partition coefficient (Wildman–Crippen LogP) is 3.52. The van der Waals surface area contributed by atoms with E-state index in [2.05, 4.69) is 32.0 Å². The van der Waals surface area contributed by atoms with Crippen LogP contribution in [0, 0.1) is 0 Å². The zero-order chi connectivity index (χ0) is 20.3. The van der Waals surface area contributed by atoms with Crippen molar-refractivity contribution in [1.29, 1.82) is 0 Å². The van der Waals surface area contributed by atoms with E-state index in [0.717, 1.165) is 4.47 Å². The summed E-state index contributed by atoms with van der Waals surface area (Å²) in [5.74, 6) is -2.13. The van der Waals surface area contributed by atoms with Gasteiger partial charge in [-0.15, -0.1) is 0 Å². The Hall–Kier alpha value is -2.84. The maximum Gasteiger partial charge on any atom is 0.328 e. The standard InChI is InChI=1S/C19H16BrClN4O3/c1-2-22-18(27)19(28)24-25-15-8-5-13(21)9-11(15)10-16(25)17(26)23-14-6-3-12(20)4-7-14/h3-10H,2H2,1H3,(H,22,27)(H,23,26)(H,24,28). The molecule has 0 radical (unpaired) electrons. The van der Waals surface area contributed by atoms with Crippen LogP contribution in [0.3, 0.4) is 0 Å². The van der Waals surface area contributed by atoms with Crippen molar-refractivity contribution in [2.24, 2.45) is 0 Å². The van der Waals surface area contributed by atoms with Gasteiger partial charge in [-0.05, 0) is 55.5 Å². The zero-order valence-electron chi connectivity index (χ0n) is 14.8. The molecule has 0 aliphatic carbocycles. The molecule has 2 aromatic carbocycles. The third kappa shape index (κ3) is 4.35. The fraction of sp³-hybridized carbons (Fsp3) is 0.105. The molecular formula is C19H16BrClN4O3. The van der Waals surface area contributed by atoms with Gasteiger partial charge in [0.1, 0.15) is 5.69 Å². The Morgan fingerprint density at radius 3 is 2.43 bits per heavy atom. The van der Waals surface area contributed by atoms with E-state index in [9.17, 15) is 14.4 Å². The summed E-state index contributed by atoms with van der Waals surface area (Å²) >= 11 is 9.37. The van der Waals surface area contributed by atoms with Crippen LogP contribution in [0.25, 0.3) is 10.9 Å². The molecule has 144 valence electrons. The Kier molecular flexibility index (Phi) is 6.01. The number of anilines is 1. The lowest BCUT2D eigenvalue weighted by molar-refractivity contribution is -0.136. The number of amides is 3. The van der Waals surface area contributed by atoms with Crippen molar-refractivity contribution in [2.75, 3.05) is 17.3 Å². The molecule has 1 heterocycles. The molecule has 0 bridgehead atoms. The van der Waals surface area contributed by atoms with E-state index in [-0.39, 0.29) is 5.69 Å². The number of rotatable bonds is 4. The molecule has 9 heteroatoms. The molecule has 0 fully saturated rings. The van der Waals surface area contributed by atoms with Gasteiger partial charge in [0, 0.05) is 27.1 Å². The van der Waals surface area contributed by atoms with Crippen LogP contribution in [0.1, 0.15) is 17.4 Å². The highest BCUT2D eigenvalue weighted by Crippen LogP contribution is 2.24. The lowest BCUT2D eigenvalue weighted by Crippen LogP contribution is -2.39. The van der Waals surface area contributed by atoms with Gasteiger partial charge in [-0.3, -0.25) is 19.8 Å². The van der Waals surface area contributed by atoms with E-state index >= 15 is 0 Å². The van der Waals surface area contributed by atoms with E-state index in [1.807, 2.05) is 0 Å². The summed E-state index contributed by atoms with van der Waals surface area (Å²) in [7, 11) is 0. The topological polar surface area (TPSA) is 92.2 Å². The minimum absolute atomic E-state index is 0.151. The van der Waals surface area contributed by atoms with Crippen LogP contribution in [0.4, 0.5) is 5.69 Å². The molecule has 3 N–H and O–H groups in total. The average molecular weight is 464 g/mol. The van der Waals surface area contributed by atoms with Crippen molar-refractivity contribution in [2.45, 2.75) is 6.92 Å². The number of nitrogens with zero attached hydrogens (tertiary/aromatic N) is 1. The minimum Gasteiger partial charge on any atom is -0.348 e. The first-order valence-corrected chi connectivity index (χ1v) is 9.53. The van der Waals surface area contributed by atoms with Crippen LogP contribution in [0.5, 0.6) is 0 Å². The van der Waals surface area contributed by atoms with Gasteiger partial charge >= 0.3 is 11.8 Å². The Balaban J connectivity index is 1.97. The Morgan fingerprint density at radius 1 is 1.04 bits per heavy atom. The van der Waals surface area contributed by atoms with Crippen molar-refractivity contribution in [1.82, 2.24) is 9.99 Å². The highest BCUT2D eigenvalue weighted by molar-refractivity contribution is 9.10. The number of hydrogen-bond acceptors (Lipinski definition) is 3. The Morgan fingerprint density at radius 2 is 1.75 bits per heavy atom. The van der Waals surface area contributed by atoms with E-state index in [4.69, 9.17) is 11.6 Å². The molecular weight excluding hydrogens is 448 g/mol. The number of likely N-dealkylation sites (N-methyl/N-ethyl adjacent to an activating group) is 1. The van der Waals surface area contributed by atoms with E-state index in [0.29, 0.717) is 28.2 Å². The van der Waals surface area contributed by atoms with Crippen LogP contribution < -0.4 is 16.1 Å². The van der Waals surface area contributed by atoms with Crippen LogP contribution in [0.15, 0.2) is 53.0 Å². The lowest BCUT2D eigenvalue weighted by atomic mass is 10.2. The van der Waals surface area contributed by atoms with Gasteiger partial charge in [-0.2, -0.15) is 0 Å². The lowest BCUT2D eigenvalue weighted by Gasteiger charge is -2.12. The monoisotopic (exact) mass is 462 g/mol. The second-order valence-electron chi connectivity index (χ2n) is 5.83. The maximum atomic E-state index is 12.8. The molecule has 28 heavy (non-hydrogen) atoms. The van der Waals surface area contributed by atoms with Crippen molar-refractivity contribution >= 4 is 61.8 Å². The first kappa shape index (κ1) is 19.9. The number of nitrogens with one attached hydrogen (secondary N) is 3. The van der Waals surface area contributed by atoms with Gasteiger partial charge in [0.25, 0.3) is 5.91 Å². The summed E-state index contributed by atoms with van der Waals surface area (Å²) in [6, 6.07) is 13.6. The highest BCUT2D eigenvalue weighted by Gasteiger charge is 2.20. The van der Waals surface area contributed by atoms with Gasteiger partial charge in [-0.1, -0.05) is 27.5 Å². The summed E-state index contributed by atoms with van der Waals surface area (Å²) in [5, 5.41) is 6.31. The summed E-state index contributed by atoms with van der Waals surface area (Å²) in [5.41, 5.74) is 3.73. The average Bonchev–Trinajstić information content (AvgIpc) is 3.01. The van der Waals surface area contributed by atoms with Crippen molar-refractivity contribution < 1.29 is 14.4 Å².